The van der Waals surface area contributed by atoms with Crippen LogP contribution >= 0.6 is 0 Å². The van der Waals surface area contributed by atoms with E-state index in [9.17, 15) is 24.9 Å². The summed E-state index contributed by atoms with van der Waals surface area (Å²) in [7, 11) is 1.15. The summed E-state index contributed by atoms with van der Waals surface area (Å²) >= 11 is 0. The number of carbonyl (C=O) groups excluding carboxylic acids is 2. The molecule has 0 spiro atoms. The van der Waals surface area contributed by atoms with Crippen LogP contribution in [0, 0.1) is 0 Å². The molecule has 1 aliphatic heterocycles. The lowest BCUT2D eigenvalue weighted by Gasteiger charge is -2.09. The van der Waals surface area contributed by atoms with Crippen LogP contribution in [0.2, 0.25) is 0 Å². The molecule has 2 aromatic carbocycles. The first-order valence-electron chi connectivity index (χ1n) is 7.49. The molecule has 3 N–H and O–H groups in total. The van der Waals surface area contributed by atoms with Crippen molar-refractivity contribution in [3.05, 3.63) is 71.2 Å². The van der Waals surface area contributed by atoms with Gasteiger partial charge in [-0.1, -0.05) is 24.3 Å². The Morgan fingerprint density at radius 2 is 1.46 bits per heavy atom. The smallest absolute Gasteiger partial charge is 0.348 e. The number of esters is 2. The van der Waals surface area contributed by atoms with Crippen molar-refractivity contribution in [2.45, 2.75) is 0 Å². The lowest BCUT2D eigenvalue weighted by molar-refractivity contribution is -0.134. The topological polar surface area (TPSA) is 113 Å². The highest BCUT2D eigenvalue weighted by Gasteiger charge is 2.36. The molecule has 0 saturated heterocycles. The van der Waals surface area contributed by atoms with Gasteiger partial charge < -0.3 is 24.8 Å². The number of aromatic hydroxyl groups is 2. The van der Waals surface area contributed by atoms with E-state index in [1.165, 1.54) is 48.5 Å². The minimum atomic E-state index is -0.844. The number of hydrogen-bond donors (Lipinski definition) is 3. The maximum absolute atomic E-state index is 12.3. The zero-order valence-corrected chi connectivity index (χ0v) is 13.6. The number of aliphatic hydroxyl groups is 1. The largest absolute Gasteiger partial charge is 0.508 e. The van der Waals surface area contributed by atoms with Gasteiger partial charge in [-0.05, 0) is 35.4 Å². The molecule has 0 saturated carbocycles. The molecule has 0 radical (unpaired) electrons. The summed E-state index contributed by atoms with van der Waals surface area (Å²) in [5.41, 5.74) is 0.304. The van der Waals surface area contributed by atoms with E-state index in [2.05, 4.69) is 0 Å². The van der Waals surface area contributed by atoms with Crippen molar-refractivity contribution in [3.8, 4) is 11.5 Å². The molecule has 1 heterocycles. The Hall–Kier alpha value is -3.74. The molecule has 0 bridgehead atoms. The van der Waals surface area contributed by atoms with E-state index >= 15 is 0 Å². The molecule has 26 heavy (non-hydrogen) atoms. The predicted octanol–water partition coefficient (Wildman–Crippen LogP) is 2.51. The lowest BCUT2D eigenvalue weighted by Crippen LogP contribution is -2.09. The fourth-order valence-corrected chi connectivity index (χ4v) is 2.53. The molecule has 7 nitrogen and oxygen atoms in total. The number of hydrogen-bond acceptors (Lipinski definition) is 7. The Bertz CT molecular complexity index is 935. The normalized spacial score (nSPS) is 15.7. The first-order chi connectivity index (χ1) is 12.4. The first kappa shape index (κ1) is 17.1. The second-order valence-corrected chi connectivity index (χ2v) is 5.40. The van der Waals surface area contributed by atoms with Crippen LogP contribution in [0.15, 0.2) is 60.0 Å². The van der Waals surface area contributed by atoms with E-state index in [4.69, 9.17) is 9.47 Å². The fourth-order valence-electron chi connectivity index (χ4n) is 2.53. The van der Waals surface area contributed by atoms with Gasteiger partial charge in [-0.3, -0.25) is 0 Å². The highest BCUT2D eigenvalue weighted by atomic mass is 16.6. The number of methoxy groups -OCH3 is 1. The van der Waals surface area contributed by atoms with Crippen molar-refractivity contribution in [2.24, 2.45) is 0 Å². The predicted molar refractivity (Wildman–Crippen MR) is 90.8 cm³/mol. The Kier molecular flexibility index (Phi) is 4.36. The summed E-state index contributed by atoms with van der Waals surface area (Å²) in [6, 6.07) is 11.1. The standard InChI is InChI=1S/C19H14O7/c1-25-18(23)15(11-4-8-13(21)9-5-11)17-16(22)14(19(24)26-17)10-2-6-12(20)7-3-10/h2-9,20-22H,1H3. The third-order valence-electron chi connectivity index (χ3n) is 3.78. The summed E-state index contributed by atoms with van der Waals surface area (Å²) < 4.78 is 9.86. The number of cyclic esters (lactones) is 1. The summed E-state index contributed by atoms with van der Waals surface area (Å²) in [4.78, 5) is 24.5. The van der Waals surface area contributed by atoms with E-state index < -0.39 is 17.7 Å². The van der Waals surface area contributed by atoms with Gasteiger partial charge in [-0.15, -0.1) is 0 Å². The van der Waals surface area contributed by atoms with Crippen molar-refractivity contribution in [1.29, 1.82) is 0 Å². The first-order valence-corrected chi connectivity index (χ1v) is 7.49. The van der Waals surface area contributed by atoms with Crippen LogP contribution in [-0.4, -0.2) is 34.4 Å². The monoisotopic (exact) mass is 354 g/mol. The fraction of sp³-hybridized carbons (Fsp3) is 0.0526. The average molecular weight is 354 g/mol. The van der Waals surface area contributed by atoms with E-state index in [0.29, 0.717) is 5.56 Å². The summed E-state index contributed by atoms with van der Waals surface area (Å²) in [5, 5.41) is 29.3. The van der Waals surface area contributed by atoms with Gasteiger partial charge in [-0.25, -0.2) is 9.59 Å². The van der Waals surface area contributed by atoms with E-state index in [1.54, 1.807) is 0 Å². The van der Waals surface area contributed by atoms with Crippen molar-refractivity contribution >= 4 is 23.1 Å². The third kappa shape index (κ3) is 2.98. The van der Waals surface area contributed by atoms with Crippen LogP contribution < -0.4 is 0 Å². The molecule has 0 unspecified atom stereocenters. The SMILES string of the molecule is COC(=O)C(=C1OC(=O)C(c2ccc(O)cc2)=C1O)c1ccc(O)cc1. The number of phenolic OH excluding ortho intramolecular Hbond substituents is 2. The highest BCUT2D eigenvalue weighted by molar-refractivity contribution is 6.25. The molecular formula is C19H14O7. The number of aliphatic hydroxyl groups excluding tert-OH is 1. The molecule has 0 fully saturated rings. The zero-order valence-electron chi connectivity index (χ0n) is 13.6. The third-order valence-corrected chi connectivity index (χ3v) is 3.78. The Labute approximate surface area is 148 Å². The maximum Gasteiger partial charge on any atom is 0.348 e. The number of phenols is 2. The van der Waals surface area contributed by atoms with Gasteiger partial charge in [0.15, 0.2) is 11.5 Å². The van der Waals surface area contributed by atoms with Gasteiger partial charge in [0.1, 0.15) is 22.6 Å². The molecule has 132 valence electrons. The van der Waals surface area contributed by atoms with Gasteiger partial charge in [-0.2, -0.15) is 0 Å². The zero-order chi connectivity index (χ0) is 18.8. The van der Waals surface area contributed by atoms with Crippen LogP contribution in [0.3, 0.4) is 0 Å². The average Bonchev–Trinajstić information content (AvgIpc) is 2.92. The van der Waals surface area contributed by atoms with Gasteiger partial charge in [0.25, 0.3) is 0 Å². The van der Waals surface area contributed by atoms with Gasteiger partial charge in [0.2, 0.25) is 0 Å². The number of ether oxygens (including phenoxy) is 2. The summed E-state index contributed by atoms with van der Waals surface area (Å²) in [5.74, 6) is -2.55. The van der Waals surface area contributed by atoms with Gasteiger partial charge in [0, 0.05) is 0 Å². The minimum Gasteiger partial charge on any atom is -0.508 e. The van der Waals surface area contributed by atoms with E-state index in [0.717, 1.165) is 7.11 Å². The van der Waals surface area contributed by atoms with Crippen LogP contribution in [0.25, 0.3) is 11.1 Å². The van der Waals surface area contributed by atoms with E-state index in [1.807, 2.05) is 0 Å². The Morgan fingerprint density at radius 1 is 0.923 bits per heavy atom. The number of rotatable bonds is 3. The van der Waals surface area contributed by atoms with Gasteiger partial charge >= 0.3 is 11.9 Å². The lowest BCUT2D eigenvalue weighted by atomic mass is 10.0. The summed E-state index contributed by atoms with van der Waals surface area (Å²) in [6.07, 6.45) is 0. The molecule has 0 aliphatic carbocycles. The maximum atomic E-state index is 12.3. The molecule has 0 amide bonds. The number of carbonyl (C=O) groups is 2. The molecular weight excluding hydrogens is 340 g/mol. The molecule has 0 atom stereocenters. The van der Waals surface area contributed by atoms with Crippen LogP contribution in [0.5, 0.6) is 11.5 Å². The van der Waals surface area contributed by atoms with Crippen molar-refractivity contribution in [2.75, 3.05) is 7.11 Å². The van der Waals surface area contributed by atoms with Crippen molar-refractivity contribution in [3.63, 3.8) is 0 Å². The molecule has 0 aromatic heterocycles. The summed E-state index contributed by atoms with van der Waals surface area (Å²) in [6.45, 7) is 0. The van der Waals surface area contributed by atoms with E-state index in [-0.39, 0.29) is 34.0 Å². The Morgan fingerprint density at radius 3 is 2.00 bits per heavy atom. The quantitative estimate of drug-likeness (QED) is 0.573. The molecule has 7 heteroatoms. The Balaban J connectivity index is 2.20. The van der Waals surface area contributed by atoms with Crippen LogP contribution in [0.1, 0.15) is 11.1 Å². The second kappa shape index (κ2) is 6.64. The number of benzene rings is 2. The van der Waals surface area contributed by atoms with Crippen molar-refractivity contribution < 1.29 is 34.4 Å². The molecule has 1 aliphatic rings. The van der Waals surface area contributed by atoms with Crippen LogP contribution in [-0.2, 0) is 19.1 Å². The second-order valence-electron chi connectivity index (χ2n) is 5.40. The van der Waals surface area contributed by atoms with Crippen molar-refractivity contribution in [1.82, 2.24) is 0 Å². The minimum absolute atomic E-state index is 0.00434. The molecule has 3 rings (SSSR count). The highest BCUT2D eigenvalue weighted by Crippen LogP contribution is 2.37. The van der Waals surface area contributed by atoms with Gasteiger partial charge in [0.05, 0.1) is 7.11 Å². The molecule has 2 aromatic rings. The van der Waals surface area contributed by atoms with Crippen LogP contribution in [0.4, 0.5) is 0 Å².